The first kappa shape index (κ1) is 55.2. The Hall–Kier alpha value is -1.78. The number of ether oxygens (including phenoxy) is 2. The van der Waals surface area contributed by atoms with Gasteiger partial charge in [-0.1, -0.05) is 187 Å². The molecule has 0 aliphatic carbocycles. The summed E-state index contributed by atoms with van der Waals surface area (Å²) in [5.41, 5.74) is 5.34. The van der Waals surface area contributed by atoms with Crippen LogP contribution in [0, 0.1) is 0 Å². The molecule has 12 heteroatoms. The number of nitrogens with two attached hydrogens (primary N) is 1. The van der Waals surface area contributed by atoms with Crippen LogP contribution in [0.15, 0.2) is 12.2 Å². The molecule has 0 saturated carbocycles. The summed E-state index contributed by atoms with van der Waals surface area (Å²) in [5.74, 6) is -2.37. The molecule has 3 atom stereocenters. The summed E-state index contributed by atoms with van der Waals surface area (Å²) < 4.78 is 32.7. The topological polar surface area (TPSA) is 172 Å². The lowest BCUT2D eigenvalue weighted by molar-refractivity contribution is -0.161. The molecular formula is C45H86NO10P. The number of carboxylic acids is 1. The zero-order valence-electron chi connectivity index (χ0n) is 36.5. The quantitative estimate of drug-likeness (QED) is 0.0231. The Kier molecular flexibility index (Phi) is 39.7. The van der Waals surface area contributed by atoms with Crippen LogP contribution in [0.1, 0.15) is 226 Å². The van der Waals surface area contributed by atoms with Crippen LogP contribution in [0.3, 0.4) is 0 Å². The second kappa shape index (κ2) is 41.0. The second-order valence-corrected chi connectivity index (χ2v) is 17.3. The SMILES string of the molecule is CCCCCC/C=C/CCCCCCCC(=O)O[C@@H](COC(=O)CCCCCCCCCCCCCCCCCCCCCC)COP(=O)(O)OC[C@@H](N)C(=O)O. The number of carbonyl (C=O) groups is 3. The van der Waals surface area contributed by atoms with Gasteiger partial charge in [-0.05, 0) is 38.5 Å². The molecular weight excluding hydrogens is 745 g/mol. The van der Waals surface area contributed by atoms with Gasteiger partial charge in [0.1, 0.15) is 12.6 Å². The minimum absolute atomic E-state index is 0.155. The van der Waals surface area contributed by atoms with E-state index in [2.05, 4.69) is 30.5 Å². The highest BCUT2D eigenvalue weighted by Gasteiger charge is 2.28. The molecule has 4 N–H and O–H groups in total. The molecule has 0 spiro atoms. The molecule has 57 heavy (non-hydrogen) atoms. The van der Waals surface area contributed by atoms with E-state index in [-0.39, 0.29) is 19.4 Å². The number of carboxylic acid groups (broad SMARTS) is 1. The van der Waals surface area contributed by atoms with Crippen molar-refractivity contribution >= 4 is 25.7 Å². The van der Waals surface area contributed by atoms with Crippen molar-refractivity contribution < 1.29 is 47.5 Å². The van der Waals surface area contributed by atoms with Gasteiger partial charge in [-0.15, -0.1) is 0 Å². The lowest BCUT2D eigenvalue weighted by Gasteiger charge is -2.20. The number of unbranched alkanes of at least 4 members (excludes halogenated alkanes) is 28. The van der Waals surface area contributed by atoms with Crippen LogP contribution in [0.2, 0.25) is 0 Å². The predicted molar refractivity (Wildman–Crippen MR) is 231 cm³/mol. The zero-order chi connectivity index (χ0) is 42.1. The molecule has 0 saturated heterocycles. The lowest BCUT2D eigenvalue weighted by atomic mass is 10.0. The van der Waals surface area contributed by atoms with E-state index in [0.29, 0.717) is 12.8 Å². The van der Waals surface area contributed by atoms with Crippen LogP contribution in [-0.2, 0) is 37.5 Å². The number of hydrogen-bond donors (Lipinski definition) is 3. The van der Waals surface area contributed by atoms with Gasteiger partial charge in [0, 0.05) is 12.8 Å². The van der Waals surface area contributed by atoms with Gasteiger partial charge in [0.05, 0.1) is 13.2 Å². The molecule has 0 aromatic heterocycles. The first-order chi connectivity index (χ1) is 27.6. The van der Waals surface area contributed by atoms with Crippen molar-refractivity contribution in [2.75, 3.05) is 19.8 Å². The van der Waals surface area contributed by atoms with Crippen molar-refractivity contribution in [2.24, 2.45) is 5.73 Å². The Morgan fingerprint density at radius 2 is 0.877 bits per heavy atom. The van der Waals surface area contributed by atoms with E-state index in [9.17, 15) is 23.8 Å². The molecule has 0 radical (unpaired) electrons. The average molecular weight is 832 g/mol. The Bertz CT molecular complexity index is 1030. The van der Waals surface area contributed by atoms with E-state index in [1.807, 2.05) is 0 Å². The molecule has 0 amide bonds. The van der Waals surface area contributed by atoms with Gasteiger partial charge < -0.3 is 25.2 Å². The second-order valence-electron chi connectivity index (χ2n) is 15.9. The van der Waals surface area contributed by atoms with Crippen LogP contribution in [0.4, 0.5) is 0 Å². The summed E-state index contributed by atoms with van der Waals surface area (Å²) in [6.45, 7) is 2.81. The molecule has 0 aliphatic rings. The fourth-order valence-electron chi connectivity index (χ4n) is 6.59. The van der Waals surface area contributed by atoms with Gasteiger partial charge in [0.25, 0.3) is 0 Å². The fourth-order valence-corrected chi connectivity index (χ4v) is 7.37. The van der Waals surface area contributed by atoms with Crippen LogP contribution in [0.5, 0.6) is 0 Å². The average Bonchev–Trinajstić information content (AvgIpc) is 3.19. The minimum Gasteiger partial charge on any atom is -0.480 e. The highest BCUT2D eigenvalue weighted by molar-refractivity contribution is 7.47. The molecule has 336 valence electrons. The van der Waals surface area contributed by atoms with Crippen molar-refractivity contribution in [1.29, 1.82) is 0 Å². The fraction of sp³-hybridized carbons (Fsp3) is 0.889. The Labute approximate surface area is 348 Å². The monoisotopic (exact) mass is 832 g/mol. The normalized spacial score (nSPS) is 13.8. The van der Waals surface area contributed by atoms with Gasteiger partial charge in [-0.2, -0.15) is 0 Å². The summed E-state index contributed by atoms with van der Waals surface area (Å²) in [5, 5.41) is 8.89. The van der Waals surface area contributed by atoms with Crippen molar-refractivity contribution in [2.45, 2.75) is 238 Å². The highest BCUT2D eigenvalue weighted by Crippen LogP contribution is 2.43. The molecule has 0 rings (SSSR count). The first-order valence-corrected chi connectivity index (χ1v) is 24.7. The van der Waals surface area contributed by atoms with Gasteiger partial charge in [-0.25, -0.2) is 4.57 Å². The van der Waals surface area contributed by atoms with Gasteiger partial charge in [-0.3, -0.25) is 23.4 Å². The van der Waals surface area contributed by atoms with E-state index in [0.717, 1.165) is 57.8 Å². The summed E-state index contributed by atoms with van der Waals surface area (Å²) in [6.07, 6.45) is 41.4. The number of carbonyl (C=O) groups excluding carboxylic acids is 2. The number of hydrogen-bond acceptors (Lipinski definition) is 9. The standard InChI is InChI=1S/C45H86NO10P/c1-3-5-7-9-11-13-15-17-18-19-20-21-22-23-25-26-28-30-32-34-36-43(47)53-38-41(39-54-57(51,52)55-40-42(46)45(49)50)56-44(48)37-35-33-31-29-27-24-16-14-12-10-8-6-4-2/h14,16,41-42H,3-13,15,17-40,46H2,1-2H3,(H,49,50)(H,51,52)/b16-14+/t41-,42+/m0/s1. The maximum absolute atomic E-state index is 12.6. The summed E-state index contributed by atoms with van der Waals surface area (Å²) >= 11 is 0. The third-order valence-corrected chi connectivity index (χ3v) is 11.2. The van der Waals surface area contributed by atoms with E-state index >= 15 is 0 Å². The van der Waals surface area contributed by atoms with Crippen LogP contribution < -0.4 is 5.73 Å². The summed E-state index contributed by atoms with van der Waals surface area (Å²) in [4.78, 5) is 46.0. The first-order valence-electron chi connectivity index (χ1n) is 23.2. The lowest BCUT2D eigenvalue weighted by Crippen LogP contribution is -2.34. The van der Waals surface area contributed by atoms with Gasteiger partial charge >= 0.3 is 25.7 Å². The predicted octanol–water partition coefficient (Wildman–Crippen LogP) is 12.5. The molecule has 0 heterocycles. The summed E-state index contributed by atoms with van der Waals surface area (Å²) in [6, 6.07) is -1.52. The Morgan fingerprint density at radius 1 is 0.526 bits per heavy atom. The molecule has 0 aliphatic heterocycles. The molecule has 0 bridgehead atoms. The molecule has 0 aromatic carbocycles. The number of allylic oxidation sites excluding steroid dienone is 2. The van der Waals surface area contributed by atoms with Crippen molar-refractivity contribution in [1.82, 2.24) is 0 Å². The highest BCUT2D eigenvalue weighted by atomic mass is 31.2. The van der Waals surface area contributed by atoms with Gasteiger partial charge in [0.2, 0.25) is 0 Å². The largest absolute Gasteiger partial charge is 0.480 e. The number of rotatable bonds is 44. The summed E-state index contributed by atoms with van der Waals surface area (Å²) in [7, 11) is -4.71. The van der Waals surface area contributed by atoms with Crippen LogP contribution in [0.25, 0.3) is 0 Å². The molecule has 1 unspecified atom stereocenters. The van der Waals surface area contributed by atoms with E-state index in [4.69, 9.17) is 24.8 Å². The molecule has 0 fully saturated rings. The molecule has 0 aromatic rings. The third kappa shape index (κ3) is 40.8. The smallest absolute Gasteiger partial charge is 0.472 e. The zero-order valence-corrected chi connectivity index (χ0v) is 37.3. The van der Waals surface area contributed by atoms with Crippen LogP contribution >= 0.6 is 7.82 Å². The van der Waals surface area contributed by atoms with E-state index in [1.54, 1.807) is 0 Å². The number of aliphatic carboxylic acids is 1. The van der Waals surface area contributed by atoms with Crippen molar-refractivity contribution in [3.8, 4) is 0 Å². The van der Waals surface area contributed by atoms with Crippen molar-refractivity contribution in [3.63, 3.8) is 0 Å². The Morgan fingerprint density at radius 3 is 1.30 bits per heavy atom. The van der Waals surface area contributed by atoms with Crippen molar-refractivity contribution in [3.05, 3.63) is 12.2 Å². The Balaban J connectivity index is 4.24. The molecule has 11 nitrogen and oxygen atoms in total. The van der Waals surface area contributed by atoms with Gasteiger partial charge in [0.15, 0.2) is 6.10 Å². The third-order valence-electron chi connectivity index (χ3n) is 10.3. The number of phosphoric ester groups is 1. The maximum atomic E-state index is 12.6. The number of esters is 2. The minimum atomic E-state index is -4.71. The number of phosphoric acid groups is 1. The van der Waals surface area contributed by atoms with Crippen LogP contribution in [-0.4, -0.2) is 59.9 Å². The maximum Gasteiger partial charge on any atom is 0.472 e. The van der Waals surface area contributed by atoms with E-state index in [1.165, 1.54) is 128 Å². The van der Waals surface area contributed by atoms with E-state index < -0.39 is 51.1 Å².